The van der Waals surface area contributed by atoms with E-state index in [1.807, 2.05) is 13.8 Å². The van der Waals surface area contributed by atoms with Crippen molar-refractivity contribution < 1.29 is 34.8 Å². The molecule has 7 nitrogen and oxygen atoms in total. The number of hydrogen-bond acceptors (Lipinski definition) is 4. The maximum atomic E-state index is 12.8. The molecule has 4 aliphatic rings. The molecule has 0 aliphatic heterocycles. The lowest BCUT2D eigenvalue weighted by Gasteiger charge is -2.70. The number of carboxylic acid groups (broad SMARTS) is 3. The molecular formula is C30H46O7. The molecule has 4 rings (SSSR count). The summed E-state index contributed by atoms with van der Waals surface area (Å²) in [6.45, 7) is 13.7. The van der Waals surface area contributed by atoms with E-state index < -0.39 is 51.1 Å². The molecule has 0 aromatic carbocycles. The van der Waals surface area contributed by atoms with Crippen LogP contribution in [0.3, 0.4) is 0 Å². The van der Waals surface area contributed by atoms with Crippen LogP contribution >= 0.6 is 0 Å². The molecule has 0 spiro atoms. The van der Waals surface area contributed by atoms with Crippen LogP contribution in [0, 0.1) is 50.7 Å². The highest BCUT2D eigenvalue weighted by atomic mass is 16.4. The molecule has 208 valence electrons. The van der Waals surface area contributed by atoms with Crippen LogP contribution in [-0.2, 0) is 14.4 Å². The highest BCUT2D eigenvalue weighted by Gasteiger charge is 2.71. The summed E-state index contributed by atoms with van der Waals surface area (Å²) in [6.07, 6.45) is 6.29. The smallest absolute Gasteiger partial charge is 0.310 e. The molecule has 0 aromatic heterocycles. The van der Waals surface area contributed by atoms with Crippen molar-refractivity contribution in [1.29, 1.82) is 0 Å². The summed E-state index contributed by atoms with van der Waals surface area (Å²) in [5, 5.41) is 42.5. The van der Waals surface area contributed by atoms with Gasteiger partial charge >= 0.3 is 17.9 Å². The molecular weight excluding hydrogens is 472 g/mol. The first-order valence-corrected chi connectivity index (χ1v) is 13.9. The summed E-state index contributed by atoms with van der Waals surface area (Å²) in [7, 11) is 0. The van der Waals surface area contributed by atoms with E-state index in [4.69, 9.17) is 0 Å². The molecule has 37 heavy (non-hydrogen) atoms. The van der Waals surface area contributed by atoms with Crippen molar-refractivity contribution >= 4 is 17.9 Å². The maximum Gasteiger partial charge on any atom is 0.310 e. The first-order valence-electron chi connectivity index (χ1n) is 13.9. The average molecular weight is 519 g/mol. The second-order valence-electron chi connectivity index (χ2n) is 14.5. The molecule has 0 bridgehead atoms. The van der Waals surface area contributed by atoms with E-state index in [-0.39, 0.29) is 29.6 Å². The number of fused-ring (bicyclic) bond motifs is 5. The van der Waals surface area contributed by atoms with Gasteiger partial charge in [0, 0.05) is 5.92 Å². The Hall–Kier alpha value is -1.89. The zero-order valence-corrected chi connectivity index (χ0v) is 23.6. The van der Waals surface area contributed by atoms with Crippen molar-refractivity contribution in [2.45, 2.75) is 105 Å². The first kappa shape index (κ1) is 28.1. The van der Waals surface area contributed by atoms with Gasteiger partial charge in [-0.15, -0.1) is 0 Å². The van der Waals surface area contributed by atoms with Crippen molar-refractivity contribution in [3.63, 3.8) is 0 Å². The van der Waals surface area contributed by atoms with Gasteiger partial charge in [0.1, 0.15) is 0 Å². The Labute approximate surface area is 220 Å². The minimum Gasteiger partial charge on any atom is -0.481 e. The van der Waals surface area contributed by atoms with Gasteiger partial charge in [0.05, 0.1) is 22.9 Å². The van der Waals surface area contributed by atoms with Crippen LogP contribution in [0.2, 0.25) is 0 Å². The van der Waals surface area contributed by atoms with Crippen LogP contribution in [0.15, 0.2) is 11.6 Å². The summed E-state index contributed by atoms with van der Waals surface area (Å²) in [6, 6.07) is 0. The zero-order valence-electron chi connectivity index (χ0n) is 23.6. The lowest BCUT2D eigenvalue weighted by atomic mass is 9.34. The van der Waals surface area contributed by atoms with E-state index in [0.717, 1.165) is 12.0 Å². The van der Waals surface area contributed by atoms with Gasteiger partial charge in [0.2, 0.25) is 0 Å². The number of hydrogen-bond donors (Lipinski definition) is 4. The lowest BCUT2D eigenvalue weighted by Crippen LogP contribution is -2.67. The number of aliphatic hydroxyl groups is 1. The van der Waals surface area contributed by atoms with Crippen LogP contribution in [0.5, 0.6) is 0 Å². The minimum absolute atomic E-state index is 0.0388. The number of rotatable bonds is 5. The fraction of sp³-hybridized carbons (Fsp3) is 0.833. The number of carbonyl (C=O) groups is 3. The molecule has 0 saturated heterocycles. The second kappa shape index (κ2) is 8.30. The van der Waals surface area contributed by atoms with Crippen LogP contribution in [0.1, 0.15) is 99.8 Å². The number of allylic oxidation sites excluding steroid dienone is 1. The topological polar surface area (TPSA) is 132 Å². The Morgan fingerprint density at radius 2 is 1.59 bits per heavy atom. The minimum atomic E-state index is -1.17. The maximum absolute atomic E-state index is 12.8. The standard InChI is InChI=1S/C30H46O7/c1-17-10-13-30(24(35)36)15-14-27(5)18(22(30)29(17,7)37)8-9-20-26(4,16-21(31)32)19(11-12-28(20,27)6)25(2,3)23(33)34/h8,17,19-20,22,37H,9-16H2,1-7H3,(H,31,32)(H,33,34)(H,35,36)/t17-,19?,20?,22-,26+,27-,28-,29-,30+/m1/s1. The van der Waals surface area contributed by atoms with Gasteiger partial charge in [-0.25, -0.2) is 0 Å². The van der Waals surface area contributed by atoms with Gasteiger partial charge in [0.15, 0.2) is 0 Å². The fourth-order valence-electron chi connectivity index (χ4n) is 10.1. The van der Waals surface area contributed by atoms with Crippen molar-refractivity contribution in [3.8, 4) is 0 Å². The lowest BCUT2D eigenvalue weighted by molar-refractivity contribution is -0.206. The Morgan fingerprint density at radius 1 is 0.973 bits per heavy atom. The van der Waals surface area contributed by atoms with Gasteiger partial charge < -0.3 is 20.4 Å². The number of aliphatic carboxylic acids is 3. The van der Waals surface area contributed by atoms with E-state index in [0.29, 0.717) is 38.5 Å². The molecule has 9 atom stereocenters. The quantitative estimate of drug-likeness (QED) is 0.348. The SMILES string of the molecule is C[C@@H]1CC[C@]2(C(=O)O)CC[C@]3(C)C(=CCC4[C@@](C)(CC(=O)O)C(C(C)(C)C(=O)O)CC[C@]43C)[C@@H]2[C@]1(C)O. The Morgan fingerprint density at radius 3 is 2.14 bits per heavy atom. The highest BCUT2D eigenvalue weighted by Crippen LogP contribution is 2.75. The Bertz CT molecular complexity index is 1040. The van der Waals surface area contributed by atoms with Gasteiger partial charge in [-0.1, -0.05) is 39.3 Å². The van der Waals surface area contributed by atoms with Crippen molar-refractivity contribution in [3.05, 3.63) is 11.6 Å². The molecule has 0 amide bonds. The summed E-state index contributed by atoms with van der Waals surface area (Å²) < 4.78 is 0. The zero-order chi connectivity index (χ0) is 28.0. The molecule has 3 saturated carbocycles. The van der Waals surface area contributed by atoms with E-state index >= 15 is 0 Å². The second-order valence-corrected chi connectivity index (χ2v) is 14.5. The molecule has 4 N–H and O–H groups in total. The van der Waals surface area contributed by atoms with E-state index in [9.17, 15) is 34.8 Å². The monoisotopic (exact) mass is 518 g/mol. The first-order chi connectivity index (χ1) is 16.8. The van der Waals surface area contributed by atoms with Crippen LogP contribution < -0.4 is 0 Å². The van der Waals surface area contributed by atoms with Crippen LogP contribution in [-0.4, -0.2) is 43.9 Å². The Balaban J connectivity index is 1.90. The normalized spacial score (nSPS) is 47.6. The third kappa shape index (κ3) is 3.51. The van der Waals surface area contributed by atoms with E-state index in [2.05, 4.69) is 19.9 Å². The van der Waals surface area contributed by atoms with Crippen molar-refractivity contribution in [1.82, 2.24) is 0 Å². The molecule has 4 aliphatic carbocycles. The summed E-state index contributed by atoms with van der Waals surface area (Å²) in [5.74, 6) is -3.60. The highest BCUT2D eigenvalue weighted by molar-refractivity contribution is 5.77. The predicted octanol–water partition coefficient (Wildman–Crippen LogP) is 5.61. The molecule has 7 heteroatoms. The third-order valence-electron chi connectivity index (χ3n) is 12.7. The number of carboxylic acids is 3. The van der Waals surface area contributed by atoms with Crippen molar-refractivity contribution in [2.75, 3.05) is 0 Å². The van der Waals surface area contributed by atoms with Gasteiger partial charge in [0.25, 0.3) is 0 Å². The van der Waals surface area contributed by atoms with E-state index in [1.54, 1.807) is 20.8 Å². The molecule has 0 aromatic rings. The predicted molar refractivity (Wildman–Crippen MR) is 139 cm³/mol. The molecule has 3 fully saturated rings. The van der Waals surface area contributed by atoms with Crippen LogP contribution in [0.25, 0.3) is 0 Å². The largest absolute Gasteiger partial charge is 0.481 e. The average Bonchev–Trinajstić information content (AvgIpc) is 2.76. The van der Waals surface area contributed by atoms with Crippen LogP contribution in [0.4, 0.5) is 0 Å². The molecule has 0 heterocycles. The van der Waals surface area contributed by atoms with Crippen molar-refractivity contribution in [2.24, 2.45) is 50.7 Å². The van der Waals surface area contributed by atoms with Gasteiger partial charge in [-0.2, -0.15) is 0 Å². The third-order valence-corrected chi connectivity index (χ3v) is 12.7. The fourth-order valence-corrected chi connectivity index (χ4v) is 10.1. The molecule has 2 unspecified atom stereocenters. The molecule has 0 radical (unpaired) electrons. The summed E-state index contributed by atoms with van der Waals surface area (Å²) in [4.78, 5) is 37.4. The van der Waals surface area contributed by atoms with E-state index in [1.165, 1.54) is 0 Å². The Kier molecular flexibility index (Phi) is 6.31. The summed E-state index contributed by atoms with van der Waals surface area (Å²) >= 11 is 0. The summed E-state index contributed by atoms with van der Waals surface area (Å²) in [5.41, 5.74) is -3.74. The van der Waals surface area contributed by atoms with Gasteiger partial charge in [-0.05, 0) is 99.7 Å². The van der Waals surface area contributed by atoms with Gasteiger partial charge in [-0.3, -0.25) is 14.4 Å².